The number of rotatable bonds is 2. The van der Waals surface area contributed by atoms with Crippen molar-refractivity contribution in [1.82, 2.24) is 0 Å². The topological polar surface area (TPSA) is 0 Å². The van der Waals surface area contributed by atoms with Gasteiger partial charge in [0.2, 0.25) is 0 Å². The highest BCUT2D eigenvalue weighted by atomic mass is 79.9. The molecule has 0 aromatic carbocycles. The fourth-order valence-electron chi connectivity index (χ4n) is 4.47. The third-order valence-corrected chi connectivity index (χ3v) is 5.89. The predicted octanol–water partition coefficient (Wildman–Crippen LogP) is 5.14. The number of allylic oxidation sites excluding steroid dienone is 1. The van der Waals surface area contributed by atoms with E-state index in [-0.39, 0.29) is 0 Å². The first-order chi connectivity index (χ1) is 8.13. The van der Waals surface area contributed by atoms with Gasteiger partial charge in [-0.3, -0.25) is 0 Å². The van der Waals surface area contributed by atoms with Crippen LogP contribution in [0.15, 0.2) is 10.6 Å². The van der Waals surface area contributed by atoms with Crippen LogP contribution in [0.1, 0.15) is 52.4 Å². The van der Waals surface area contributed by atoms with Crippen LogP contribution < -0.4 is 0 Å². The summed E-state index contributed by atoms with van der Waals surface area (Å²) in [6, 6.07) is 0. The SMILES string of the molecule is C#CC[C@@H](C)[C@H]1CC[C@H]2/C(=C/Br)CCC[C@]12C. The summed E-state index contributed by atoms with van der Waals surface area (Å²) >= 11 is 3.56. The van der Waals surface area contributed by atoms with E-state index in [0.717, 1.165) is 18.3 Å². The monoisotopic (exact) mass is 294 g/mol. The van der Waals surface area contributed by atoms with Crippen molar-refractivity contribution in [3.8, 4) is 12.3 Å². The summed E-state index contributed by atoms with van der Waals surface area (Å²) in [7, 11) is 0. The summed E-state index contributed by atoms with van der Waals surface area (Å²) in [5.41, 5.74) is 2.16. The van der Waals surface area contributed by atoms with Crippen LogP contribution >= 0.6 is 15.9 Å². The zero-order valence-corrected chi connectivity index (χ0v) is 12.6. The van der Waals surface area contributed by atoms with E-state index in [2.05, 4.69) is 40.7 Å². The first-order valence-electron chi connectivity index (χ1n) is 6.86. The van der Waals surface area contributed by atoms with Crippen molar-refractivity contribution in [2.24, 2.45) is 23.2 Å². The van der Waals surface area contributed by atoms with Crippen molar-refractivity contribution in [2.75, 3.05) is 0 Å². The van der Waals surface area contributed by atoms with Gasteiger partial charge >= 0.3 is 0 Å². The van der Waals surface area contributed by atoms with Crippen LogP contribution in [-0.2, 0) is 0 Å². The van der Waals surface area contributed by atoms with Crippen LogP contribution in [0.3, 0.4) is 0 Å². The van der Waals surface area contributed by atoms with Gasteiger partial charge in [-0.05, 0) is 60.3 Å². The molecule has 0 spiro atoms. The second-order valence-corrected chi connectivity index (χ2v) is 6.62. The summed E-state index contributed by atoms with van der Waals surface area (Å²) in [5, 5.41) is 0. The molecule has 0 aromatic heterocycles. The summed E-state index contributed by atoms with van der Waals surface area (Å²) in [6.07, 6.45) is 13.2. The molecule has 2 saturated carbocycles. The number of terminal acetylenes is 1. The van der Waals surface area contributed by atoms with Crippen LogP contribution in [-0.4, -0.2) is 0 Å². The predicted molar refractivity (Wildman–Crippen MR) is 77.8 cm³/mol. The van der Waals surface area contributed by atoms with Crippen molar-refractivity contribution >= 4 is 15.9 Å². The van der Waals surface area contributed by atoms with Crippen molar-refractivity contribution in [1.29, 1.82) is 0 Å². The number of halogens is 1. The maximum Gasteiger partial charge on any atom is 0.0115 e. The lowest BCUT2D eigenvalue weighted by atomic mass is 9.61. The standard InChI is InChI=1S/C16H23Br/c1-4-6-12(2)14-8-9-15-13(11-17)7-5-10-16(14,15)3/h1,11-12,14-15H,5-10H2,2-3H3/b13-11+/t12-,14-,15+,16-/m1/s1. The van der Waals surface area contributed by atoms with Crippen molar-refractivity contribution < 1.29 is 0 Å². The van der Waals surface area contributed by atoms with Gasteiger partial charge in [-0.25, -0.2) is 0 Å². The number of hydrogen-bond acceptors (Lipinski definition) is 0. The molecular weight excluding hydrogens is 272 g/mol. The van der Waals surface area contributed by atoms with E-state index >= 15 is 0 Å². The molecule has 0 amide bonds. The Morgan fingerprint density at radius 1 is 1.59 bits per heavy atom. The molecular formula is C16H23Br. The molecule has 2 aliphatic carbocycles. The van der Waals surface area contributed by atoms with Crippen LogP contribution in [0.4, 0.5) is 0 Å². The molecule has 94 valence electrons. The first-order valence-corrected chi connectivity index (χ1v) is 7.77. The summed E-state index contributed by atoms with van der Waals surface area (Å²) in [6.45, 7) is 4.86. The molecule has 0 N–H and O–H groups in total. The van der Waals surface area contributed by atoms with Gasteiger partial charge < -0.3 is 0 Å². The highest BCUT2D eigenvalue weighted by Crippen LogP contribution is 2.59. The van der Waals surface area contributed by atoms with E-state index in [4.69, 9.17) is 6.42 Å². The zero-order chi connectivity index (χ0) is 12.5. The second-order valence-electron chi connectivity index (χ2n) is 6.17. The van der Waals surface area contributed by atoms with Gasteiger partial charge in [-0.15, -0.1) is 12.3 Å². The molecule has 2 rings (SSSR count). The van der Waals surface area contributed by atoms with Crippen molar-refractivity contribution in [2.45, 2.75) is 52.4 Å². The molecule has 2 aliphatic rings. The Bertz CT molecular complexity index is 349. The van der Waals surface area contributed by atoms with E-state index < -0.39 is 0 Å². The summed E-state index contributed by atoms with van der Waals surface area (Å²) in [4.78, 5) is 2.20. The van der Waals surface area contributed by atoms with Gasteiger partial charge in [0, 0.05) is 6.42 Å². The quantitative estimate of drug-likeness (QED) is 0.619. The van der Waals surface area contributed by atoms with Crippen LogP contribution in [0.5, 0.6) is 0 Å². The lowest BCUT2D eigenvalue weighted by Gasteiger charge is -2.44. The highest BCUT2D eigenvalue weighted by Gasteiger charge is 2.50. The Morgan fingerprint density at radius 2 is 2.35 bits per heavy atom. The molecule has 0 radical (unpaired) electrons. The third-order valence-electron chi connectivity index (χ3n) is 5.30. The van der Waals surface area contributed by atoms with Gasteiger partial charge in [0.15, 0.2) is 0 Å². The Labute approximate surface area is 114 Å². The van der Waals surface area contributed by atoms with Crippen LogP contribution in [0.25, 0.3) is 0 Å². The van der Waals surface area contributed by atoms with Gasteiger partial charge in [0.05, 0.1) is 0 Å². The number of fused-ring (bicyclic) bond motifs is 1. The maximum absolute atomic E-state index is 5.49. The van der Waals surface area contributed by atoms with Crippen molar-refractivity contribution in [3.05, 3.63) is 10.6 Å². The van der Waals surface area contributed by atoms with E-state index in [9.17, 15) is 0 Å². The van der Waals surface area contributed by atoms with E-state index in [1.165, 1.54) is 32.1 Å². The van der Waals surface area contributed by atoms with Gasteiger partial charge in [-0.2, -0.15) is 0 Å². The molecule has 0 aromatic rings. The average molecular weight is 295 g/mol. The largest absolute Gasteiger partial charge is 0.120 e. The molecule has 2 fully saturated rings. The lowest BCUT2D eigenvalue weighted by Crippen LogP contribution is -2.35. The Morgan fingerprint density at radius 3 is 3.00 bits per heavy atom. The van der Waals surface area contributed by atoms with Gasteiger partial charge in [-0.1, -0.05) is 35.4 Å². The smallest absolute Gasteiger partial charge is 0.0115 e. The molecule has 1 heteroatoms. The molecule has 0 heterocycles. The van der Waals surface area contributed by atoms with E-state index in [1.807, 2.05) is 0 Å². The third kappa shape index (κ3) is 2.22. The maximum atomic E-state index is 5.49. The fraction of sp³-hybridized carbons (Fsp3) is 0.750. The normalized spacial score (nSPS) is 40.9. The van der Waals surface area contributed by atoms with Crippen LogP contribution in [0, 0.1) is 35.5 Å². The highest BCUT2D eigenvalue weighted by molar-refractivity contribution is 9.11. The molecule has 17 heavy (non-hydrogen) atoms. The fourth-order valence-corrected chi connectivity index (χ4v) is 5.02. The Hall–Kier alpha value is -0.220. The summed E-state index contributed by atoms with van der Waals surface area (Å²) < 4.78 is 0. The minimum Gasteiger partial charge on any atom is -0.120 e. The molecule has 0 saturated heterocycles. The van der Waals surface area contributed by atoms with Crippen molar-refractivity contribution in [3.63, 3.8) is 0 Å². The zero-order valence-electron chi connectivity index (χ0n) is 11.0. The average Bonchev–Trinajstić information content (AvgIpc) is 2.66. The minimum absolute atomic E-state index is 0.508. The molecule has 0 unspecified atom stereocenters. The lowest BCUT2D eigenvalue weighted by molar-refractivity contribution is 0.0994. The van der Waals surface area contributed by atoms with E-state index in [0.29, 0.717) is 11.3 Å². The van der Waals surface area contributed by atoms with Gasteiger partial charge in [0.1, 0.15) is 0 Å². The Kier molecular flexibility index (Phi) is 4.03. The number of hydrogen-bond donors (Lipinski definition) is 0. The molecule has 0 aliphatic heterocycles. The molecule has 4 atom stereocenters. The van der Waals surface area contributed by atoms with Crippen LogP contribution in [0.2, 0.25) is 0 Å². The Balaban J connectivity index is 2.21. The van der Waals surface area contributed by atoms with Gasteiger partial charge in [0.25, 0.3) is 0 Å². The molecule has 0 bridgehead atoms. The molecule has 0 nitrogen and oxygen atoms in total. The summed E-state index contributed by atoms with van der Waals surface area (Å²) in [5.74, 6) is 5.17. The first kappa shape index (κ1) is 13.2. The van der Waals surface area contributed by atoms with E-state index in [1.54, 1.807) is 5.57 Å². The second kappa shape index (κ2) is 5.19. The minimum atomic E-state index is 0.508.